The van der Waals surface area contributed by atoms with Gasteiger partial charge in [-0.15, -0.1) is 0 Å². The highest BCUT2D eigenvalue weighted by Crippen LogP contribution is 2.45. The van der Waals surface area contributed by atoms with Crippen LogP contribution < -0.4 is 66.7 Å². The van der Waals surface area contributed by atoms with Crippen LogP contribution in [0.1, 0.15) is 177 Å². The molecule has 1 aliphatic carbocycles. The number of aryl methyl sites for hydroxylation is 1. The van der Waals surface area contributed by atoms with E-state index in [1.54, 1.807) is 107 Å². The summed E-state index contributed by atoms with van der Waals surface area (Å²) < 4.78 is 31.0. The molecule has 18 aromatic rings. The van der Waals surface area contributed by atoms with E-state index in [4.69, 9.17) is 111 Å². The van der Waals surface area contributed by atoms with Gasteiger partial charge >= 0.3 is 0 Å². The monoisotopic (exact) mass is 2240 g/mol. The lowest BCUT2D eigenvalue weighted by Gasteiger charge is -2.27. The van der Waals surface area contributed by atoms with Crippen molar-refractivity contribution in [1.82, 2.24) is 144 Å². The summed E-state index contributed by atoms with van der Waals surface area (Å²) in [6.07, 6.45) is 40.9. The number of nitrogens with zero attached hydrogens (tertiary/aromatic N) is 26. The van der Waals surface area contributed by atoms with Crippen molar-refractivity contribution in [3.8, 4) is 85.0 Å². The van der Waals surface area contributed by atoms with Gasteiger partial charge in [-0.05, 0) is 208 Å². The molecule has 5 unspecified atom stereocenters. The molecular weight excluding hydrogens is 2150 g/mol. The summed E-state index contributed by atoms with van der Waals surface area (Å²) in [5.74, 6) is 5.54. The first-order valence-electron chi connectivity index (χ1n) is 46.1. The Bertz CT molecular complexity index is 7400. The molecule has 5 aliphatic heterocycles. The van der Waals surface area contributed by atoms with Crippen molar-refractivity contribution in [1.29, 1.82) is 15.8 Å². The quantitative estimate of drug-likeness (QED) is 0.0540. The zero-order valence-corrected chi connectivity index (χ0v) is 84.8. The van der Waals surface area contributed by atoms with E-state index in [1.807, 2.05) is 49.9 Å². The number of anilines is 6. The Morgan fingerprint density at radius 3 is 1.07 bits per heavy atom. The van der Waals surface area contributed by atoms with Gasteiger partial charge in [-0.3, -0.25) is 9.78 Å². The number of rotatable bonds is 12. The number of piperidine rings is 5. The number of nitrogens with two attached hydrogens (primary N) is 7. The number of nitrogens with one attached hydrogen (secondary N) is 6. The van der Waals surface area contributed by atoms with Crippen molar-refractivity contribution in [3.05, 3.63) is 196 Å². The van der Waals surface area contributed by atoms with Gasteiger partial charge in [-0.1, -0.05) is 23.2 Å². The number of halogens is 6. The average molecular weight is 2240 g/mol. The molecule has 5 saturated heterocycles. The molecule has 0 spiro atoms. The summed E-state index contributed by atoms with van der Waals surface area (Å²) >= 11 is 24.4. The van der Waals surface area contributed by atoms with Crippen LogP contribution in [0.4, 0.5) is 34.9 Å². The van der Waals surface area contributed by atoms with Crippen molar-refractivity contribution in [2.45, 2.75) is 131 Å². The Hall–Kier alpha value is -13.2. The molecule has 141 heavy (non-hydrogen) atoms. The van der Waals surface area contributed by atoms with Gasteiger partial charge in [0.25, 0.3) is 0 Å². The molecule has 6 fully saturated rings. The Balaban J connectivity index is 0.000000108. The number of pyridine rings is 1. The highest BCUT2D eigenvalue weighted by atomic mass is 79.9. The van der Waals surface area contributed by atoms with Gasteiger partial charge in [0, 0.05) is 173 Å². The van der Waals surface area contributed by atoms with Crippen LogP contribution in [0, 0.1) is 34.0 Å². The van der Waals surface area contributed by atoms with E-state index < -0.39 is 0 Å². The second-order valence-corrected chi connectivity index (χ2v) is 39.6. The third-order valence-corrected chi connectivity index (χ3v) is 30.7. The molecule has 6 aliphatic rings. The third-order valence-electron chi connectivity index (χ3n) is 26.2. The van der Waals surface area contributed by atoms with Crippen LogP contribution in [0.15, 0.2) is 153 Å². The first kappa shape index (κ1) is 96.6. The fourth-order valence-corrected chi connectivity index (χ4v) is 22.0. The standard InChI is InChI=1S/C17H16BrN7.C16H20BrN7.C16H15BrN6O.C16H15ClN6O.C14H16BrN7.C14H15BrN6O/c18-14-15(11-2-1-5-21-7-11)24-17-13(9-23-25(17)16(14)20)10-3-4-12(6-19)22-8-10;1-23-8-10(6-20-23)12-7-21-24-15(19)13(17)14(22-16(12)24)9-3-2-4-11(18)5-9;2*17-13-14(9-2-1-3-20-6-9)22-16-12(7-21-23(16)15(13)19)10-4-11(5-18)24-8-10;15-11-12(8-2-1-3-17-4-8)21-14-10(9-5-18-19-6-9)7-20-22(14)13(11)16;15-11-12(8-2-1-3-17-4-8)20-14-10(9-5-19-22-7-9)6-18-21(14)13(11)16/h3-4,8-9,11,21H,1-2,5,7,20H2;6-9,11H,2-5,18-19H2,1H3;2*4,7-9,20H,1-3,6,19H2;5-8,17H,1-4,16H2,(H,18,19);5-8,17H,1-4,16H2/t;9-,11+;;;;/m.0..../s1. The molecule has 42 nitrogen and oxygen atoms in total. The fraction of sp³-hybridized carbons (Fsp3) is 0.344. The molecule has 1 saturated carbocycles. The molecule has 7 atom stereocenters. The number of nitriles is 3. The number of hydrogen-bond donors (Lipinski definition) is 13. The molecule has 0 amide bonds. The number of hydrogen-bond acceptors (Lipinski definition) is 34. The maximum atomic E-state index is 8.94. The van der Waals surface area contributed by atoms with E-state index in [9.17, 15) is 0 Å². The van der Waals surface area contributed by atoms with E-state index >= 15 is 0 Å². The third kappa shape index (κ3) is 19.8. The number of aromatic amines is 1. The van der Waals surface area contributed by atoms with Crippen LogP contribution >= 0.6 is 91.3 Å². The van der Waals surface area contributed by atoms with Crippen LogP contribution in [0.3, 0.4) is 0 Å². The smallest absolute Gasteiger partial charge is 0.203 e. The lowest BCUT2D eigenvalue weighted by molar-refractivity contribution is 0.387. The predicted molar refractivity (Wildman–Crippen MR) is 549 cm³/mol. The van der Waals surface area contributed by atoms with Gasteiger partial charge in [-0.2, -0.15) is 83.7 Å². The first-order valence-corrected chi connectivity index (χ1v) is 50.4. The van der Waals surface area contributed by atoms with E-state index in [-0.39, 0.29) is 23.5 Å². The topological polar surface area (TPSA) is 606 Å². The van der Waals surface area contributed by atoms with Crippen LogP contribution in [-0.2, 0) is 7.05 Å². The maximum absolute atomic E-state index is 8.94. The zero-order valence-electron chi connectivity index (χ0n) is 76.1. The summed E-state index contributed by atoms with van der Waals surface area (Å²) in [7, 11) is 1.89. The van der Waals surface area contributed by atoms with Crippen LogP contribution in [0.2, 0.25) is 5.02 Å². The molecule has 20 N–H and O–H groups in total. The molecule has 48 heteroatoms. The minimum atomic E-state index is 0.223. The molecule has 724 valence electrons. The fourth-order valence-electron chi connectivity index (χ4n) is 18.8. The molecule has 23 heterocycles. The van der Waals surface area contributed by atoms with Gasteiger partial charge in [0.15, 0.2) is 33.9 Å². The van der Waals surface area contributed by atoms with E-state index in [0.717, 1.165) is 296 Å². The van der Waals surface area contributed by atoms with Crippen molar-refractivity contribution in [2.75, 3.05) is 99.8 Å². The van der Waals surface area contributed by atoms with Crippen LogP contribution in [0.25, 0.3) is 101 Å². The number of fused-ring (bicyclic) bond motifs is 6. The highest BCUT2D eigenvalue weighted by molar-refractivity contribution is 9.11. The zero-order chi connectivity index (χ0) is 97.8. The largest absolute Gasteiger partial charge is 0.453 e. The van der Waals surface area contributed by atoms with Crippen molar-refractivity contribution < 1.29 is 13.4 Å². The molecule has 0 radical (unpaired) electrons. The summed E-state index contributed by atoms with van der Waals surface area (Å²) in [6, 6.07) is 13.1. The van der Waals surface area contributed by atoms with Crippen LogP contribution in [0.5, 0.6) is 0 Å². The number of nitrogen functional groups attached to an aromatic ring is 6. The summed E-state index contributed by atoms with van der Waals surface area (Å²) in [6.45, 7) is 9.66. The van der Waals surface area contributed by atoms with E-state index in [0.29, 0.717) is 92.2 Å². The second-order valence-electron chi connectivity index (χ2n) is 35.2. The van der Waals surface area contributed by atoms with Gasteiger partial charge < -0.3 is 80.1 Å². The molecule has 18 aromatic heterocycles. The first-order chi connectivity index (χ1) is 68.6. The highest BCUT2D eigenvalue weighted by Gasteiger charge is 2.33. The minimum absolute atomic E-state index is 0.223. The van der Waals surface area contributed by atoms with Gasteiger partial charge in [-0.25, -0.2) is 34.9 Å². The minimum Gasteiger partial charge on any atom is -0.453 e. The van der Waals surface area contributed by atoms with E-state index in [2.05, 4.69) is 162 Å². The molecule has 0 aromatic carbocycles. The predicted octanol–water partition coefficient (Wildman–Crippen LogP) is 14.3. The molecule has 0 bridgehead atoms. The molecular formula is C93H97Br5ClN39O3. The number of aromatic nitrogens is 24. The van der Waals surface area contributed by atoms with Crippen molar-refractivity contribution >= 4 is 160 Å². The summed E-state index contributed by atoms with van der Waals surface area (Å²) in [5.41, 5.74) is 64.3. The SMILES string of the molecule is Cn1cc(-c2cnn3c(N)c(Br)c([C@H]4CCC[C@@H](N)C4)nc23)cn1.N#Cc1cc(-c2cnn3c(N)c(Br)c(C4CCCNC4)nc23)co1.N#Cc1cc(-c2cnn3c(N)c(Cl)c(C4CCCNC4)nc23)co1.N#Cc1ccc(-c2cnn3c(N)c(Br)c(C4CCCNC4)nc23)cn1.Nc1c(Br)c(C2CCCNC2)nc2c(-c3cn[nH]c3)cnn12.Nc1c(Br)c(C2CCCNC2)nc2c(-c3cnoc3)cnn12. The van der Waals surface area contributed by atoms with E-state index in [1.165, 1.54) is 17.0 Å². The van der Waals surface area contributed by atoms with Crippen LogP contribution in [-0.4, -0.2) is 189 Å². The Kier molecular flexibility index (Phi) is 29.3. The summed E-state index contributed by atoms with van der Waals surface area (Å²) in [5, 5.41) is 85.2. The van der Waals surface area contributed by atoms with Crippen molar-refractivity contribution in [3.63, 3.8) is 0 Å². The van der Waals surface area contributed by atoms with Gasteiger partial charge in [0.05, 0.1) is 118 Å². The Morgan fingerprint density at radius 1 is 0.383 bits per heavy atom. The average Bonchev–Trinajstić information content (AvgIpc) is 1.70. The Labute approximate surface area is 852 Å². The number of furan rings is 2. The lowest BCUT2D eigenvalue weighted by Crippen LogP contribution is -2.29. The summed E-state index contributed by atoms with van der Waals surface area (Å²) in [4.78, 5) is 33.2. The van der Waals surface area contributed by atoms with Crippen molar-refractivity contribution in [2.24, 2.45) is 12.8 Å². The maximum Gasteiger partial charge on any atom is 0.203 e. The molecule has 24 rings (SSSR count). The Morgan fingerprint density at radius 2 is 0.745 bits per heavy atom. The number of H-pyrrole nitrogens is 1. The van der Waals surface area contributed by atoms with Gasteiger partial charge in [0.1, 0.15) is 82.6 Å². The normalized spacial score (nSPS) is 18.7. The van der Waals surface area contributed by atoms with Gasteiger partial charge in [0.2, 0.25) is 11.5 Å². The second kappa shape index (κ2) is 42.7. The lowest BCUT2D eigenvalue weighted by atomic mass is 9.84.